The first kappa shape index (κ1) is 47.7. The minimum Gasteiger partial charge on any atom is 0 e. The smallest absolute Gasteiger partial charge is 0 e. The molecule has 7 heteroatoms. The fourth-order valence-corrected chi connectivity index (χ4v) is 10.3. The van der Waals surface area contributed by atoms with Gasteiger partial charge in [-0.15, -0.1) is 17.4 Å². The Morgan fingerprint density at radius 2 is 0.981 bits per heavy atom. The number of para-hydroxylation sites is 2. The van der Waals surface area contributed by atoms with E-state index >= 15 is 0 Å². The maximum absolute atomic E-state index is 5.87. The average Bonchev–Trinajstić information content (AvgIpc) is 3.04. The van der Waals surface area contributed by atoms with E-state index in [4.69, 9.17) is 35.9 Å². The Kier molecular flexibility index (Phi) is 18.1. The number of hydrogen-bond acceptors (Lipinski definition) is 3. The number of benzene rings is 4. The van der Waals surface area contributed by atoms with Crippen molar-refractivity contribution in [2.45, 2.75) is 151 Å². The van der Waals surface area contributed by atoms with Gasteiger partial charge < -0.3 is 17.9 Å². The molecule has 293 valence electrons. The van der Waals surface area contributed by atoms with E-state index in [0.29, 0.717) is 0 Å². The van der Waals surface area contributed by atoms with E-state index in [9.17, 15) is 0 Å². The summed E-state index contributed by atoms with van der Waals surface area (Å²) in [5, 5.41) is 10.1. The van der Waals surface area contributed by atoms with Crippen molar-refractivity contribution in [3.63, 3.8) is 0 Å². The third kappa shape index (κ3) is 13.9. The first-order valence-corrected chi connectivity index (χ1v) is 24.0. The number of hydrogen-bond donors (Lipinski definition) is 0. The number of thioether (sulfide) groups is 1. The van der Waals surface area contributed by atoms with Crippen LogP contribution in [-0.2, 0) is 63.4 Å². The molecule has 0 N–H and O–H groups in total. The molecule has 0 aromatic heterocycles. The SMILES string of the molecule is CCCSc1ccccc1[N-]c1cc(C(C)(C)C)cc(C(C)(C)C)c1[S-].CC[CH2][Sn-][c]1ccccc1[N-]c1cc(C(C)(C)C)cc(C(C)(C)C)c1[S-].[Ni]. The van der Waals surface area contributed by atoms with Crippen LogP contribution in [0.5, 0.6) is 0 Å². The van der Waals surface area contributed by atoms with Crippen LogP contribution in [0.4, 0.5) is 22.7 Å². The molecule has 0 atom stereocenters. The fourth-order valence-electron chi connectivity index (χ4n) is 5.50. The van der Waals surface area contributed by atoms with E-state index < -0.39 is 21.1 Å². The van der Waals surface area contributed by atoms with Crippen LogP contribution in [0, 0.1) is 0 Å². The second-order valence-electron chi connectivity index (χ2n) is 17.7. The van der Waals surface area contributed by atoms with Crippen molar-refractivity contribution in [1.82, 2.24) is 0 Å². The quantitative estimate of drug-likeness (QED) is 0.0901. The van der Waals surface area contributed by atoms with Crippen LogP contribution in [-0.4, -0.2) is 26.9 Å². The molecule has 2 nitrogen and oxygen atoms in total. The second-order valence-corrected chi connectivity index (χ2v) is 23.7. The molecule has 0 aliphatic rings. The van der Waals surface area contributed by atoms with Gasteiger partial charge in [0.1, 0.15) is 0 Å². The number of rotatable bonds is 10. The van der Waals surface area contributed by atoms with E-state index in [1.165, 1.54) is 41.6 Å². The van der Waals surface area contributed by atoms with Gasteiger partial charge in [-0.05, 0) is 39.5 Å². The van der Waals surface area contributed by atoms with Gasteiger partial charge in [-0.25, -0.2) is 0 Å². The van der Waals surface area contributed by atoms with E-state index in [1.807, 2.05) is 11.8 Å². The zero-order valence-corrected chi connectivity index (χ0v) is 41.0. The van der Waals surface area contributed by atoms with E-state index in [2.05, 4.69) is 170 Å². The summed E-state index contributed by atoms with van der Waals surface area (Å²) in [5.41, 5.74) is 9.20. The molecule has 1 radical (unpaired) electrons. The summed E-state index contributed by atoms with van der Waals surface area (Å²) in [6, 6.07) is 26.0. The van der Waals surface area contributed by atoms with Crippen LogP contribution in [0.1, 0.15) is 132 Å². The van der Waals surface area contributed by atoms with Gasteiger partial charge in [0, 0.05) is 16.5 Å². The van der Waals surface area contributed by atoms with Crippen molar-refractivity contribution in [3.8, 4) is 0 Å². The van der Waals surface area contributed by atoms with Gasteiger partial charge >= 0.3 is 177 Å². The van der Waals surface area contributed by atoms with Gasteiger partial charge in [0.15, 0.2) is 0 Å². The minimum absolute atomic E-state index is 0. The topological polar surface area (TPSA) is 28.2 Å². The summed E-state index contributed by atoms with van der Waals surface area (Å²) in [4.78, 5) is 3.00. The van der Waals surface area contributed by atoms with Crippen molar-refractivity contribution in [1.29, 1.82) is 0 Å². The zero-order chi connectivity index (χ0) is 39.1. The summed E-state index contributed by atoms with van der Waals surface area (Å²) in [5.74, 6) is 1.10. The predicted octanol–water partition coefficient (Wildman–Crippen LogP) is 14.7. The largest absolute Gasteiger partial charge is 0 e. The van der Waals surface area contributed by atoms with Crippen molar-refractivity contribution in [2.75, 3.05) is 5.75 Å². The van der Waals surface area contributed by atoms with Crippen LogP contribution in [0.3, 0.4) is 0 Å². The monoisotopic (exact) mass is 916 g/mol. The van der Waals surface area contributed by atoms with Crippen LogP contribution < -0.4 is 3.58 Å². The van der Waals surface area contributed by atoms with E-state index in [1.54, 1.807) is 0 Å². The third-order valence-corrected chi connectivity index (χ3v) is 15.3. The van der Waals surface area contributed by atoms with Gasteiger partial charge in [0.05, 0.1) is 0 Å². The van der Waals surface area contributed by atoms with Gasteiger partial charge in [0.2, 0.25) is 0 Å². The normalized spacial score (nSPS) is 12.0. The summed E-state index contributed by atoms with van der Waals surface area (Å²) in [6.45, 7) is 31.3. The summed E-state index contributed by atoms with van der Waals surface area (Å²) in [6.07, 6.45) is 2.42. The Morgan fingerprint density at radius 3 is 1.42 bits per heavy atom. The summed E-state index contributed by atoms with van der Waals surface area (Å²) >= 11 is 13.0. The molecule has 53 heavy (non-hydrogen) atoms. The van der Waals surface area contributed by atoms with Gasteiger partial charge in [-0.2, -0.15) is 10.6 Å². The van der Waals surface area contributed by atoms with Crippen LogP contribution >= 0.6 is 11.8 Å². The maximum Gasteiger partial charge on any atom is 0 e. The average molecular weight is 917 g/mol. The van der Waals surface area contributed by atoms with Crippen molar-refractivity contribution in [2.24, 2.45) is 0 Å². The van der Waals surface area contributed by atoms with Crippen molar-refractivity contribution < 1.29 is 16.5 Å². The molecule has 0 aliphatic carbocycles. The minimum atomic E-state index is -0.569. The van der Waals surface area contributed by atoms with Crippen LogP contribution in [0.25, 0.3) is 10.6 Å². The standard InChI is InChI=1S/C23H32NS2.C20H25NS.C3H7.Ni.Sn/c1-8-13-26-20-12-10-9-11-18(20)24-19-15-16(22(2,3)4)14-17(21(19)25)23(5,6)7;1-19(2,3)14-12-16(20(4,5)6)18(22)17(13-14)21-15-10-8-7-9-11-15;1-3-2;;/h9-12,14-15,25H,8,13H2,1-7H3;7-10,12-13,22H,1-6H3;1,3H2,2H3;;/q2*-1;;;-1/p-2. The first-order chi connectivity index (χ1) is 24.1. The Labute approximate surface area is 360 Å². The van der Waals surface area contributed by atoms with Crippen molar-refractivity contribution in [3.05, 3.63) is 106 Å². The third-order valence-electron chi connectivity index (χ3n) is 8.76. The fraction of sp³-hybridized carbons (Fsp3) is 0.478. The molecular weight excluding hydrogens is 854 g/mol. The molecule has 0 fully saturated rings. The second kappa shape index (κ2) is 20.1. The Morgan fingerprint density at radius 1 is 0.547 bits per heavy atom. The van der Waals surface area contributed by atoms with Gasteiger partial charge in [-0.3, -0.25) is 0 Å². The first-order valence-electron chi connectivity index (χ1n) is 18.8. The van der Waals surface area contributed by atoms with Crippen LogP contribution in [0.2, 0.25) is 4.44 Å². The Bertz CT molecular complexity index is 1640. The molecule has 0 saturated carbocycles. The van der Waals surface area contributed by atoms with Crippen molar-refractivity contribution >= 4 is 84.5 Å². The molecule has 0 spiro atoms. The molecule has 0 amide bonds. The zero-order valence-electron chi connectivity index (χ0n) is 34.7. The molecule has 0 bridgehead atoms. The molecule has 4 aromatic rings. The predicted molar refractivity (Wildman–Crippen MR) is 239 cm³/mol. The van der Waals surface area contributed by atoms with E-state index in [-0.39, 0.29) is 38.2 Å². The number of nitrogens with zero attached hydrogens (tertiary/aromatic N) is 2. The molecule has 0 aliphatic heterocycles. The molecule has 4 aromatic carbocycles. The molecule has 0 unspecified atom stereocenters. The maximum atomic E-state index is 5.87. The molecule has 4 rings (SSSR count). The molecule has 0 saturated heterocycles. The summed E-state index contributed by atoms with van der Waals surface area (Å²) < 4.78 is 2.83. The van der Waals surface area contributed by atoms with Gasteiger partial charge in [-0.1, -0.05) is 84.4 Å². The van der Waals surface area contributed by atoms with E-state index in [0.717, 1.165) is 44.7 Å². The van der Waals surface area contributed by atoms with Gasteiger partial charge in [0.25, 0.3) is 0 Å². The molecule has 0 heterocycles. The molecular formula is C46H62N2NiS3Sn-5. The summed E-state index contributed by atoms with van der Waals surface area (Å²) in [7, 11) is 0. The Hall–Kier alpha value is -1.44. The van der Waals surface area contributed by atoms with Crippen LogP contribution in [0.15, 0.2) is 87.5 Å². The Balaban J connectivity index is 0.000000360.